The van der Waals surface area contributed by atoms with Gasteiger partial charge in [-0.15, -0.1) is 0 Å². The van der Waals surface area contributed by atoms with Crippen LogP contribution in [0.25, 0.3) is 0 Å². The molecule has 0 aromatic carbocycles. The quantitative estimate of drug-likeness (QED) is 0.680. The first kappa shape index (κ1) is 11.5. The van der Waals surface area contributed by atoms with E-state index >= 15 is 0 Å². The van der Waals surface area contributed by atoms with Gasteiger partial charge in [-0.3, -0.25) is 9.69 Å². The molecule has 14 heavy (non-hydrogen) atoms. The van der Waals surface area contributed by atoms with Gasteiger partial charge in [0.25, 0.3) is 0 Å². The Kier molecular flexibility index (Phi) is 3.93. The first-order valence-corrected chi connectivity index (χ1v) is 5.56. The number of nitrogens with zero attached hydrogens (tertiary/aromatic N) is 2. The van der Waals surface area contributed by atoms with Crippen LogP contribution < -0.4 is 0 Å². The normalized spacial score (nSPS) is 24.8. The van der Waals surface area contributed by atoms with Crippen molar-refractivity contribution in [3.63, 3.8) is 0 Å². The molecule has 1 atom stereocenters. The zero-order valence-corrected chi connectivity index (χ0v) is 9.79. The number of rotatable bonds is 3. The van der Waals surface area contributed by atoms with Crippen LogP contribution in [0.2, 0.25) is 0 Å². The summed E-state index contributed by atoms with van der Waals surface area (Å²) in [6.07, 6.45) is 0. The van der Waals surface area contributed by atoms with E-state index in [0.29, 0.717) is 18.5 Å². The Morgan fingerprint density at radius 2 is 2.14 bits per heavy atom. The van der Waals surface area contributed by atoms with Crippen molar-refractivity contribution >= 4 is 5.91 Å². The van der Waals surface area contributed by atoms with Crippen molar-refractivity contribution in [1.82, 2.24) is 9.80 Å². The third-order valence-corrected chi connectivity index (χ3v) is 2.78. The predicted octanol–water partition coefficient (Wildman–Crippen LogP) is 1.20. The third-order valence-electron chi connectivity index (χ3n) is 2.78. The van der Waals surface area contributed by atoms with Gasteiger partial charge in [-0.1, -0.05) is 13.8 Å². The lowest BCUT2D eigenvalue weighted by molar-refractivity contribution is -0.138. The van der Waals surface area contributed by atoms with Crippen LogP contribution in [0.5, 0.6) is 0 Å². The lowest BCUT2D eigenvalue weighted by atomic mass is 10.1. The van der Waals surface area contributed by atoms with Crippen LogP contribution in [-0.4, -0.2) is 47.9 Å². The highest BCUT2D eigenvalue weighted by Gasteiger charge is 2.28. The van der Waals surface area contributed by atoms with Crippen LogP contribution >= 0.6 is 0 Å². The molecule has 0 unspecified atom stereocenters. The first-order chi connectivity index (χ1) is 6.54. The number of amides is 1. The molecule has 3 nitrogen and oxygen atoms in total. The van der Waals surface area contributed by atoms with Crippen LogP contribution in [0.3, 0.4) is 0 Å². The number of hydrogen-bond donors (Lipinski definition) is 0. The summed E-state index contributed by atoms with van der Waals surface area (Å²) >= 11 is 0. The van der Waals surface area contributed by atoms with Crippen LogP contribution in [0.4, 0.5) is 0 Å². The summed E-state index contributed by atoms with van der Waals surface area (Å²) in [5.41, 5.74) is 0. The molecule has 1 rings (SSSR count). The van der Waals surface area contributed by atoms with E-state index in [1.54, 1.807) is 0 Å². The zero-order valence-electron chi connectivity index (χ0n) is 9.79. The highest BCUT2D eigenvalue weighted by atomic mass is 16.2. The van der Waals surface area contributed by atoms with Gasteiger partial charge < -0.3 is 4.90 Å². The minimum Gasteiger partial charge on any atom is -0.340 e. The van der Waals surface area contributed by atoms with Gasteiger partial charge in [-0.2, -0.15) is 0 Å². The molecule has 0 aliphatic carbocycles. The van der Waals surface area contributed by atoms with Crippen molar-refractivity contribution < 1.29 is 4.79 Å². The molecule has 0 saturated carbocycles. The predicted molar refractivity (Wildman–Crippen MR) is 58.1 cm³/mol. The summed E-state index contributed by atoms with van der Waals surface area (Å²) in [5, 5.41) is 0. The fourth-order valence-corrected chi connectivity index (χ4v) is 1.98. The molecule has 0 aromatic rings. The third kappa shape index (κ3) is 2.71. The van der Waals surface area contributed by atoms with Crippen LogP contribution in [-0.2, 0) is 4.79 Å². The minimum absolute atomic E-state index is 0.284. The van der Waals surface area contributed by atoms with Crippen molar-refractivity contribution in [2.45, 2.75) is 33.7 Å². The van der Waals surface area contributed by atoms with Crippen LogP contribution in [0.15, 0.2) is 0 Å². The molecule has 1 aliphatic heterocycles. The molecule has 0 N–H and O–H groups in total. The van der Waals surface area contributed by atoms with E-state index in [1.807, 2.05) is 11.8 Å². The Morgan fingerprint density at radius 1 is 1.50 bits per heavy atom. The van der Waals surface area contributed by atoms with Gasteiger partial charge >= 0.3 is 0 Å². The maximum atomic E-state index is 11.6. The average Bonchev–Trinajstić information content (AvgIpc) is 2.10. The molecule has 82 valence electrons. The van der Waals surface area contributed by atoms with E-state index in [4.69, 9.17) is 0 Å². The number of likely N-dealkylation sites (N-methyl/N-ethyl adjacent to an activating group) is 1. The second-order valence-electron chi connectivity index (χ2n) is 4.60. The molecule has 0 bridgehead atoms. The fourth-order valence-electron chi connectivity index (χ4n) is 1.98. The van der Waals surface area contributed by atoms with E-state index in [0.717, 1.165) is 19.6 Å². The smallest absolute Gasteiger partial charge is 0.236 e. The molecule has 1 fully saturated rings. The van der Waals surface area contributed by atoms with Crippen LogP contribution in [0.1, 0.15) is 27.7 Å². The number of hydrogen-bond acceptors (Lipinski definition) is 2. The average molecular weight is 198 g/mol. The Bertz CT molecular complexity index is 203. The Morgan fingerprint density at radius 3 is 2.64 bits per heavy atom. The van der Waals surface area contributed by atoms with Gasteiger partial charge in [0, 0.05) is 25.7 Å². The van der Waals surface area contributed by atoms with Gasteiger partial charge in [0.05, 0.1) is 6.54 Å². The molecule has 1 heterocycles. The van der Waals surface area contributed by atoms with Gasteiger partial charge in [0.15, 0.2) is 0 Å². The molecule has 0 spiro atoms. The molecule has 0 aromatic heterocycles. The van der Waals surface area contributed by atoms with E-state index in [-0.39, 0.29) is 5.91 Å². The van der Waals surface area contributed by atoms with E-state index < -0.39 is 0 Å². The van der Waals surface area contributed by atoms with Gasteiger partial charge in [0.2, 0.25) is 5.91 Å². The topological polar surface area (TPSA) is 23.6 Å². The van der Waals surface area contributed by atoms with Crippen molar-refractivity contribution in [3.05, 3.63) is 0 Å². The van der Waals surface area contributed by atoms with Crippen molar-refractivity contribution in [2.24, 2.45) is 5.92 Å². The Balaban J connectivity index is 2.53. The molecule has 3 heteroatoms. The van der Waals surface area contributed by atoms with Crippen molar-refractivity contribution in [1.29, 1.82) is 0 Å². The molecule has 1 aliphatic rings. The van der Waals surface area contributed by atoms with E-state index in [2.05, 4.69) is 25.7 Å². The SMILES string of the molecule is CCN1C[C@H](C)N(CC(C)C)CC1=O. The summed E-state index contributed by atoms with van der Waals surface area (Å²) in [7, 11) is 0. The highest BCUT2D eigenvalue weighted by molar-refractivity contribution is 5.79. The maximum absolute atomic E-state index is 11.6. The Labute approximate surface area is 87.1 Å². The lowest BCUT2D eigenvalue weighted by Gasteiger charge is -2.39. The highest BCUT2D eigenvalue weighted by Crippen LogP contribution is 2.12. The van der Waals surface area contributed by atoms with Gasteiger partial charge in [-0.25, -0.2) is 0 Å². The number of carbonyl (C=O) groups is 1. The summed E-state index contributed by atoms with van der Waals surface area (Å²) in [4.78, 5) is 15.9. The standard InChI is InChI=1S/C11H22N2O/c1-5-12-7-10(4)13(6-9(2)3)8-11(12)14/h9-10H,5-8H2,1-4H3/t10-/m0/s1. The monoisotopic (exact) mass is 198 g/mol. The second-order valence-corrected chi connectivity index (χ2v) is 4.60. The zero-order chi connectivity index (χ0) is 10.7. The fraction of sp³-hybridized carbons (Fsp3) is 0.909. The molecule has 0 radical (unpaired) electrons. The summed E-state index contributed by atoms with van der Waals surface area (Å²) in [6, 6.07) is 0.509. The Hall–Kier alpha value is -0.570. The first-order valence-electron chi connectivity index (χ1n) is 5.56. The summed E-state index contributed by atoms with van der Waals surface area (Å²) in [5.74, 6) is 0.921. The number of piperazine rings is 1. The lowest BCUT2D eigenvalue weighted by Crippen LogP contribution is -2.55. The molecular weight excluding hydrogens is 176 g/mol. The van der Waals surface area contributed by atoms with Gasteiger partial charge in [-0.05, 0) is 19.8 Å². The van der Waals surface area contributed by atoms with Crippen molar-refractivity contribution in [2.75, 3.05) is 26.2 Å². The minimum atomic E-state index is 0.284. The molecule has 1 amide bonds. The second kappa shape index (κ2) is 4.78. The largest absolute Gasteiger partial charge is 0.340 e. The van der Waals surface area contributed by atoms with Crippen LogP contribution in [0, 0.1) is 5.92 Å². The van der Waals surface area contributed by atoms with Gasteiger partial charge in [0.1, 0.15) is 0 Å². The molecule has 1 saturated heterocycles. The van der Waals surface area contributed by atoms with E-state index in [1.165, 1.54) is 0 Å². The summed E-state index contributed by atoms with van der Waals surface area (Å²) in [6.45, 7) is 12.0. The molecular formula is C11H22N2O. The number of carbonyl (C=O) groups excluding carboxylic acids is 1. The van der Waals surface area contributed by atoms with E-state index in [9.17, 15) is 4.79 Å². The van der Waals surface area contributed by atoms with Crippen molar-refractivity contribution in [3.8, 4) is 0 Å². The maximum Gasteiger partial charge on any atom is 0.236 e. The summed E-state index contributed by atoms with van der Waals surface area (Å²) < 4.78 is 0.